The van der Waals surface area contributed by atoms with Gasteiger partial charge in [-0.25, -0.2) is 22.0 Å². The molecular weight excluding hydrogens is 446 g/mol. The first-order valence-electron chi connectivity index (χ1n) is 9.29. The molecule has 1 fully saturated rings. The number of carbonyl (C=O) groups is 1. The third-order valence-corrected chi connectivity index (χ3v) is 7.55. The van der Waals surface area contributed by atoms with E-state index in [9.17, 15) is 21.6 Å². The van der Waals surface area contributed by atoms with Gasteiger partial charge in [-0.1, -0.05) is 12.1 Å². The largest absolute Gasteiger partial charge is 0.496 e. The summed E-state index contributed by atoms with van der Waals surface area (Å²) in [6, 6.07) is 9.90. The lowest BCUT2D eigenvalue weighted by atomic mass is 10.1. The van der Waals surface area contributed by atoms with Crippen molar-refractivity contribution in [3.05, 3.63) is 53.6 Å². The van der Waals surface area contributed by atoms with Crippen LogP contribution in [0.25, 0.3) is 0 Å². The molecule has 0 unspecified atom stereocenters. The van der Waals surface area contributed by atoms with Crippen molar-refractivity contribution < 1.29 is 31.1 Å². The molecule has 168 valence electrons. The number of rotatable bonds is 7. The first-order valence-corrected chi connectivity index (χ1v) is 12.3. The number of morpholine rings is 1. The number of primary sulfonamides is 1. The summed E-state index contributed by atoms with van der Waals surface area (Å²) in [7, 11) is -6.23. The number of methoxy groups -OCH3 is 1. The fraction of sp³-hybridized carbons (Fsp3) is 0.316. The Kier molecular flexibility index (Phi) is 6.96. The van der Waals surface area contributed by atoms with Crippen LogP contribution in [0.5, 0.6) is 5.75 Å². The molecule has 10 nitrogen and oxygen atoms in total. The second kappa shape index (κ2) is 9.32. The summed E-state index contributed by atoms with van der Waals surface area (Å²) in [6.07, 6.45) is 0. The maximum absolute atomic E-state index is 12.7. The van der Waals surface area contributed by atoms with Gasteiger partial charge in [0, 0.05) is 19.6 Å². The Morgan fingerprint density at radius 2 is 1.68 bits per heavy atom. The molecule has 3 N–H and O–H groups in total. The Morgan fingerprint density at radius 3 is 2.26 bits per heavy atom. The van der Waals surface area contributed by atoms with E-state index in [1.807, 2.05) is 0 Å². The molecule has 31 heavy (non-hydrogen) atoms. The van der Waals surface area contributed by atoms with Gasteiger partial charge in [0.25, 0.3) is 5.91 Å². The number of sulfonamides is 2. The zero-order valence-electron chi connectivity index (χ0n) is 16.8. The Morgan fingerprint density at radius 1 is 1.06 bits per heavy atom. The average Bonchev–Trinajstić information content (AvgIpc) is 2.77. The summed E-state index contributed by atoms with van der Waals surface area (Å²) < 4.78 is 60.1. The van der Waals surface area contributed by atoms with Crippen molar-refractivity contribution in [2.45, 2.75) is 16.3 Å². The van der Waals surface area contributed by atoms with E-state index in [2.05, 4.69) is 5.32 Å². The van der Waals surface area contributed by atoms with Crippen LogP contribution >= 0.6 is 0 Å². The highest BCUT2D eigenvalue weighted by atomic mass is 32.2. The number of nitrogens with zero attached hydrogens (tertiary/aromatic N) is 1. The molecule has 0 aliphatic carbocycles. The lowest BCUT2D eigenvalue weighted by Crippen LogP contribution is -2.40. The maximum atomic E-state index is 12.7. The van der Waals surface area contributed by atoms with E-state index >= 15 is 0 Å². The van der Waals surface area contributed by atoms with Gasteiger partial charge in [0.2, 0.25) is 20.0 Å². The van der Waals surface area contributed by atoms with Crippen molar-refractivity contribution in [3.63, 3.8) is 0 Å². The summed E-state index contributed by atoms with van der Waals surface area (Å²) in [5, 5.41) is 7.78. The van der Waals surface area contributed by atoms with Crippen molar-refractivity contribution in [2.75, 3.05) is 33.4 Å². The summed E-state index contributed by atoms with van der Waals surface area (Å²) >= 11 is 0. The fourth-order valence-corrected chi connectivity index (χ4v) is 4.98. The smallest absolute Gasteiger partial charge is 0.255 e. The molecule has 0 spiro atoms. The van der Waals surface area contributed by atoms with Crippen molar-refractivity contribution in [1.82, 2.24) is 9.62 Å². The van der Waals surface area contributed by atoms with Gasteiger partial charge in [0.1, 0.15) is 5.75 Å². The fourth-order valence-electron chi connectivity index (χ4n) is 3.03. The van der Waals surface area contributed by atoms with E-state index in [4.69, 9.17) is 14.6 Å². The van der Waals surface area contributed by atoms with Gasteiger partial charge in [-0.3, -0.25) is 4.79 Å². The van der Waals surface area contributed by atoms with Crippen LogP contribution in [0.1, 0.15) is 15.9 Å². The van der Waals surface area contributed by atoms with Crippen LogP contribution in [0.3, 0.4) is 0 Å². The van der Waals surface area contributed by atoms with Gasteiger partial charge in [-0.2, -0.15) is 4.31 Å². The molecule has 0 saturated carbocycles. The van der Waals surface area contributed by atoms with Crippen LogP contribution < -0.4 is 15.2 Å². The highest BCUT2D eigenvalue weighted by molar-refractivity contribution is 7.89. The Bertz CT molecular complexity index is 1160. The van der Waals surface area contributed by atoms with Crippen LogP contribution in [0.2, 0.25) is 0 Å². The highest BCUT2D eigenvalue weighted by Gasteiger charge is 2.26. The molecule has 0 atom stereocenters. The first kappa shape index (κ1) is 23.2. The minimum Gasteiger partial charge on any atom is -0.496 e. The number of ether oxygens (including phenoxy) is 2. The zero-order valence-corrected chi connectivity index (χ0v) is 18.4. The van der Waals surface area contributed by atoms with Crippen LogP contribution in [-0.2, 0) is 31.3 Å². The molecule has 1 amide bonds. The van der Waals surface area contributed by atoms with Gasteiger partial charge < -0.3 is 14.8 Å². The van der Waals surface area contributed by atoms with E-state index in [0.29, 0.717) is 31.9 Å². The molecule has 0 radical (unpaired) electrons. The Labute approximate surface area is 181 Å². The summed E-state index contributed by atoms with van der Waals surface area (Å²) in [4.78, 5) is 12.5. The monoisotopic (exact) mass is 469 g/mol. The number of carbonyl (C=O) groups excluding carboxylic acids is 1. The molecule has 1 aliphatic rings. The average molecular weight is 470 g/mol. The van der Waals surface area contributed by atoms with Gasteiger partial charge in [-0.15, -0.1) is 0 Å². The number of amides is 1. The van der Waals surface area contributed by atoms with Crippen LogP contribution in [0, 0.1) is 0 Å². The number of hydrogen-bond donors (Lipinski definition) is 2. The van der Waals surface area contributed by atoms with Crippen LogP contribution in [-0.4, -0.2) is 60.5 Å². The molecule has 0 bridgehead atoms. The molecule has 1 heterocycles. The minimum atomic E-state index is -3.98. The van der Waals surface area contributed by atoms with Crippen molar-refractivity contribution in [3.8, 4) is 5.75 Å². The Balaban J connectivity index is 1.71. The summed E-state index contributed by atoms with van der Waals surface area (Å²) in [5.41, 5.74) is 0.677. The van der Waals surface area contributed by atoms with E-state index in [1.165, 1.54) is 35.7 Å². The summed E-state index contributed by atoms with van der Waals surface area (Å²) in [5.74, 6) is -0.371. The number of benzene rings is 2. The molecule has 2 aromatic rings. The van der Waals surface area contributed by atoms with E-state index in [-0.39, 0.29) is 27.6 Å². The molecule has 1 saturated heterocycles. The predicted molar refractivity (Wildman–Crippen MR) is 112 cm³/mol. The SMILES string of the molecule is COc1ccc(S(N)(=O)=O)cc1C(=O)NCc1ccc(S(=O)(=O)N2CCOCC2)cc1. The lowest BCUT2D eigenvalue weighted by Gasteiger charge is -2.26. The number of hydrogen-bond acceptors (Lipinski definition) is 7. The molecule has 2 aromatic carbocycles. The van der Waals surface area contributed by atoms with E-state index < -0.39 is 26.0 Å². The van der Waals surface area contributed by atoms with Gasteiger partial charge >= 0.3 is 0 Å². The van der Waals surface area contributed by atoms with Gasteiger partial charge in [0.15, 0.2) is 0 Å². The first-order chi connectivity index (χ1) is 14.6. The standard InChI is InChI=1S/C19H23N3O7S2/c1-28-18-7-6-16(30(20,24)25)12-17(18)19(23)21-13-14-2-4-15(5-3-14)31(26,27)22-8-10-29-11-9-22/h2-7,12H,8-11,13H2,1H3,(H,21,23)(H2,20,24,25). The van der Waals surface area contributed by atoms with Gasteiger partial charge in [-0.05, 0) is 35.9 Å². The van der Waals surface area contributed by atoms with Crippen molar-refractivity contribution in [1.29, 1.82) is 0 Å². The zero-order chi connectivity index (χ0) is 22.6. The quantitative estimate of drug-likeness (QED) is 0.593. The molecular formula is C19H23N3O7S2. The topological polar surface area (TPSA) is 145 Å². The number of nitrogens with two attached hydrogens (primary N) is 1. The predicted octanol–water partition coefficient (Wildman–Crippen LogP) is 0.294. The molecule has 0 aromatic heterocycles. The highest BCUT2D eigenvalue weighted by Crippen LogP contribution is 2.22. The number of nitrogens with one attached hydrogen (secondary N) is 1. The van der Waals surface area contributed by atoms with Crippen molar-refractivity contribution in [2.24, 2.45) is 5.14 Å². The molecule has 12 heteroatoms. The van der Waals surface area contributed by atoms with Crippen LogP contribution in [0.15, 0.2) is 52.3 Å². The minimum absolute atomic E-state index is 0.0144. The second-order valence-corrected chi connectivity index (χ2v) is 10.2. The lowest BCUT2D eigenvalue weighted by molar-refractivity contribution is 0.0730. The third-order valence-electron chi connectivity index (χ3n) is 4.73. The van der Waals surface area contributed by atoms with Crippen LogP contribution in [0.4, 0.5) is 0 Å². The summed E-state index contributed by atoms with van der Waals surface area (Å²) in [6.45, 7) is 1.43. The second-order valence-electron chi connectivity index (χ2n) is 6.75. The third kappa shape index (κ3) is 5.40. The molecule has 3 rings (SSSR count). The normalized spacial score (nSPS) is 15.4. The maximum Gasteiger partial charge on any atom is 0.255 e. The van der Waals surface area contributed by atoms with Gasteiger partial charge in [0.05, 0.1) is 35.7 Å². The van der Waals surface area contributed by atoms with E-state index in [0.717, 1.165) is 6.07 Å². The molecule has 1 aliphatic heterocycles. The Hall–Kier alpha value is -2.51. The van der Waals surface area contributed by atoms with E-state index in [1.54, 1.807) is 12.1 Å². The van der Waals surface area contributed by atoms with Crippen molar-refractivity contribution >= 4 is 26.0 Å².